The van der Waals surface area contributed by atoms with Crippen molar-refractivity contribution in [3.63, 3.8) is 0 Å². The molecular formula is C10H8ClF2NO. The van der Waals surface area contributed by atoms with Crippen molar-refractivity contribution in [2.75, 3.05) is 11.4 Å². The van der Waals surface area contributed by atoms with Gasteiger partial charge in [-0.2, -0.15) is 0 Å². The molecule has 1 aliphatic rings. The molecular weight excluding hydrogens is 224 g/mol. The van der Waals surface area contributed by atoms with Gasteiger partial charge in [0.15, 0.2) is 0 Å². The van der Waals surface area contributed by atoms with E-state index in [1.165, 1.54) is 4.90 Å². The third kappa shape index (κ3) is 1.81. The Balaban J connectivity index is 2.43. The summed E-state index contributed by atoms with van der Waals surface area (Å²) in [6, 6.07) is 1.85. The van der Waals surface area contributed by atoms with Crippen molar-refractivity contribution in [1.29, 1.82) is 0 Å². The molecule has 1 saturated heterocycles. The number of hydrogen-bond acceptors (Lipinski definition) is 1. The Morgan fingerprint density at radius 1 is 1.27 bits per heavy atom. The van der Waals surface area contributed by atoms with Crippen molar-refractivity contribution in [2.24, 2.45) is 0 Å². The second-order valence-corrected chi connectivity index (χ2v) is 3.77. The summed E-state index contributed by atoms with van der Waals surface area (Å²) in [6.45, 7) is 0.456. The van der Waals surface area contributed by atoms with Gasteiger partial charge < -0.3 is 4.90 Å². The summed E-state index contributed by atoms with van der Waals surface area (Å²) in [4.78, 5) is 12.6. The number of halogens is 3. The van der Waals surface area contributed by atoms with Gasteiger partial charge in [0.2, 0.25) is 5.91 Å². The minimum Gasteiger partial charge on any atom is -0.310 e. The molecule has 1 aliphatic heterocycles. The van der Waals surface area contributed by atoms with E-state index < -0.39 is 11.6 Å². The quantitative estimate of drug-likeness (QED) is 0.681. The second-order valence-electron chi connectivity index (χ2n) is 3.37. The van der Waals surface area contributed by atoms with Gasteiger partial charge in [-0.25, -0.2) is 8.78 Å². The number of anilines is 1. The van der Waals surface area contributed by atoms with E-state index in [0.717, 1.165) is 6.07 Å². The molecule has 1 aromatic rings. The van der Waals surface area contributed by atoms with Crippen molar-refractivity contribution in [1.82, 2.24) is 0 Å². The van der Waals surface area contributed by atoms with Gasteiger partial charge in [0.25, 0.3) is 0 Å². The minimum absolute atomic E-state index is 0.0592. The van der Waals surface area contributed by atoms with Gasteiger partial charge in [-0.3, -0.25) is 4.79 Å². The van der Waals surface area contributed by atoms with Crippen molar-refractivity contribution < 1.29 is 13.6 Å². The molecule has 2 rings (SSSR count). The predicted molar refractivity (Wildman–Crippen MR) is 53.0 cm³/mol. The molecule has 2 nitrogen and oxygen atoms in total. The van der Waals surface area contributed by atoms with Crippen LogP contribution in [0.4, 0.5) is 14.5 Å². The standard InChI is InChI=1S/C10H8ClF2NO/c11-6-4-9(8(13)5-7(6)12)14-3-1-2-10(14)15/h4-5H,1-3H2. The minimum atomic E-state index is -0.815. The lowest BCUT2D eigenvalue weighted by Crippen LogP contribution is -2.24. The van der Waals surface area contributed by atoms with Crippen LogP contribution in [0.3, 0.4) is 0 Å². The molecule has 0 saturated carbocycles. The van der Waals surface area contributed by atoms with Crippen LogP contribution in [-0.4, -0.2) is 12.5 Å². The molecule has 0 atom stereocenters. The molecule has 80 valence electrons. The number of nitrogens with zero attached hydrogens (tertiary/aromatic N) is 1. The SMILES string of the molecule is O=C1CCCN1c1cc(Cl)c(F)cc1F. The molecule has 1 aromatic carbocycles. The third-order valence-electron chi connectivity index (χ3n) is 2.35. The smallest absolute Gasteiger partial charge is 0.227 e. The van der Waals surface area contributed by atoms with Crippen LogP contribution in [0.25, 0.3) is 0 Å². The zero-order valence-corrected chi connectivity index (χ0v) is 8.52. The lowest BCUT2D eigenvalue weighted by molar-refractivity contribution is -0.117. The van der Waals surface area contributed by atoms with Crippen LogP contribution in [-0.2, 0) is 4.79 Å². The summed E-state index contributed by atoms with van der Waals surface area (Å²) < 4.78 is 26.2. The highest BCUT2D eigenvalue weighted by Crippen LogP contribution is 2.29. The Morgan fingerprint density at radius 2 is 2.00 bits per heavy atom. The van der Waals surface area contributed by atoms with Gasteiger partial charge in [-0.05, 0) is 12.5 Å². The lowest BCUT2D eigenvalue weighted by Gasteiger charge is -2.16. The molecule has 0 aliphatic carbocycles. The molecule has 0 aromatic heterocycles. The van der Waals surface area contributed by atoms with Gasteiger partial charge >= 0.3 is 0 Å². The summed E-state index contributed by atoms with van der Waals surface area (Å²) in [5.74, 6) is -1.73. The summed E-state index contributed by atoms with van der Waals surface area (Å²) in [6.07, 6.45) is 1.09. The predicted octanol–water partition coefficient (Wildman–Crippen LogP) is 2.75. The zero-order chi connectivity index (χ0) is 11.0. The highest BCUT2D eigenvalue weighted by atomic mass is 35.5. The van der Waals surface area contributed by atoms with Crippen LogP contribution < -0.4 is 4.90 Å². The Labute approximate surface area is 90.4 Å². The lowest BCUT2D eigenvalue weighted by atomic mass is 10.2. The molecule has 1 heterocycles. The van der Waals surface area contributed by atoms with E-state index in [1.54, 1.807) is 0 Å². The normalized spacial score (nSPS) is 16.2. The number of hydrogen-bond donors (Lipinski definition) is 0. The molecule has 0 N–H and O–H groups in total. The molecule has 0 bridgehead atoms. The van der Waals surface area contributed by atoms with Crippen molar-refractivity contribution in [3.05, 3.63) is 28.8 Å². The number of benzene rings is 1. The largest absolute Gasteiger partial charge is 0.310 e. The van der Waals surface area contributed by atoms with E-state index in [0.29, 0.717) is 25.5 Å². The van der Waals surface area contributed by atoms with Gasteiger partial charge in [0.05, 0.1) is 10.7 Å². The highest BCUT2D eigenvalue weighted by molar-refractivity contribution is 6.31. The maximum atomic E-state index is 13.4. The Kier molecular flexibility index (Phi) is 2.61. The summed E-state index contributed by atoms with van der Waals surface area (Å²) in [5, 5.41) is -0.175. The molecule has 0 radical (unpaired) electrons. The molecule has 5 heteroatoms. The Bertz CT molecular complexity index is 422. The monoisotopic (exact) mass is 231 g/mol. The van der Waals surface area contributed by atoms with E-state index in [4.69, 9.17) is 11.6 Å². The maximum absolute atomic E-state index is 13.4. The Morgan fingerprint density at radius 3 is 2.60 bits per heavy atom. The topological polar surface area (TPSA) is 20.3 Å². The molecule has 1 amide bonds. The first-order valence-electron chi connectivity index (χ1n) is 4.54. The summed E-state index contributed by atoms with van der Waals surface area (Å²) >= 11 is 5.53. The maximum Gasteiger partial charge on any atom is 0.227 e. The average molecular weight is 232 g/mol. The average Bonchev–Trinajstić information content (AvgIpc) is 2.58. The molecule has 0 spiro atoms. The van der Waals surface area contributed by atoms with Crippen molar-refractivity contribution >= 4 is 23.2 Å². The van der Waals surface area contributed by atoms with E-state index in [2.05, 4.69) is 0 Å². The number of carbonyl (C=O) groups is 1. The fraction of sp³-hybridized carbons (Fsp3) is 0.300. The molecule has 1 fully saturated rings. The van der Waals surface area contributed by atoms with Gasteiger partial charge in [-0.1, -0.05) is 11.6 Å². The zero-order valence-electron chi connectivity index (χ0n) is 7.77. The van der Waals surface area contributed by atoms with Crippen LogP contribution >= 0.6 is 11.6 Å². The first-order chi connectivity index (χ1) is 7.09. The van der Waals surface area contributed by atoms with Crippen LogP contribution in [0.15, 0.2) is 12.1 Å². The van der Waals surface area contributed by atoms with E-state index in [1.807, 2.05) is 0 Å². The second kappa shape index (κ2) is 3.77. The van der Waals surface area contributed by atoms with Gasteiger partial charge in [-0.15, -0.1) is 0 Å². The van der Waals surface area contributed by atoms with E-state index >= 15 is 0 Å². The van der Waals surface area contributed by atoms with Crippen LogP contribution in [0.5, 0.6) is 0 Å². The van der Waals surface area contributed by atoms with Crippen molar-refractivity contribution in [2.45, 2.75) is 12.8 Å². The fourth-order valence-corrected chi connectivity index (χ4v) is 1.78. The summed E-state index contributed by atoms with van der Waals surface area (Å²) in [5.41, 5.74) is 0.0592. The number of amides is 1. The van der Waals surface area contributed by atoms with E-state index in [9.17, 15) is 13.6 Å². The van der Waals surface area contributed by atoms with Crippen LogP contribution in [0, 0.1) is 11.6 Å². The number of carbonyl (C=O) groups excluding carboxylic acids is 1. The van der Waals surface area contributed by atoms with Gasteiger partial charge in [0, 0.05) is 19.0 Å². The first kappa shape index (κ1) is 10.4. The fourth-order valence-electron chi connectivity index (χ4n) is 1.62. The highest BCUT2D eigenvalue weighted by Gasteiger charge is 2.25. The Hall–Kier alpha value is -1.16. The van der Waals surface area contributed by atoms with Crippen molar-refractivity contribution in [3.8, 4) is 0 Å². The van der Waals surface area contributed by atoms with Crippen LogP contribution in [0.1, 0.15) is 12.8 Å². The molecule has 0 unspecified atom stereocenters. The van der Waals surface area contributed by atoms with E-state index in [-0.39, 0.29) is 16.6 Å². The summed E-state index contributed by atoms with van der Waals surface area (Å²) in [7, 11) is 0. The number of rotatable bonds is 1. The molecule has 15 heavy (non-hydrogen) atoms. The first-order valence-corrected chi connectivity index (χ1v) is 4.92. The third-order valence-corrected chi connectivity index (χ3v) is 2.64. The van der Waals surface area contributed by atoms with Crippen LogP contribution in [0.2, 0.25) is 5.02 Å². The van der Waals surface area contributed by atoms with Gasteiger partial charge in [0.1, 0.15) is 11.6 Å².